The van der Waals surface area contributed by atoms with Crippen LogP contribution in [0.4, 0.5) is 16.4 Å². The van der Waals surface area contributed by atoms with Gasteiger partial charge in [-0.15, -0.1) is 0 Å². The molecule has 1 aliphatic heterocycles. The molecule has 3 N–H and O–H groups in total. The highest BCUT2D eigenvalue weighted by Gasteiger charge is 2.17. The molecule has 0 fully saturated rings. The van der Waals surface area contributed by atoms with Gasteiger partial charge in [0, 0.05) is 19.0 Å². The molecule has 0 saturated heterocycles. The maximum Gasteiger partial charge on any atom is 0.320 e. The summed E-state index contributed by atoms with van der Waals surface area (Å²) in [6.07, 6.45) is 4.67. The van der Waals surface area contributed by atoms with Gasteiger partial charge < -0.3 is 10.6 Å². The first kappa shape index (κ1) is 16.4. The van der Waals surface area contributed by atoms with E-state index >= 15 is 0 Å². The zero-order valence-corrected chi connectivity index (χ0v) is 14.7. The predicted octanol–water partition coefficient (Wildman–Crippen LogP) is 3.43. The van der Waals surface area contributed by atoms with E-state index in [4.69, 9.17) is 0 Å². The first-order valence-electron chi connectivity index (χ1n) is 8.90. The number of carbonyl (C=O) groups excluding carboxylic acids is 1. The van der Waals surface area contributed by atoms with Gasteiger partial charge in [-0.2, -0.15) is 5.10 Å². The minimum atomic E-state index is -0.249. The number of pyridine rings is 1. The van der Waals surface area contributed by atoms with E-state index in [-0.39, 0.29) is 12.1 Å². The van der Waals surface area contributed by atoms with Crippen LogP contribution in [0.1, 0.15) is 30.9 Å². The van der Waals surface area contributed by atoms with Crippen LogP contribution in [-0.4, -0.2) is 27.3 Å². The molecule has 1 atom stereocenters. The van der Waals surface area contributed by atoms with Crippen LogP contribution in [0.3, 0.4) is 0 Å². The molecule has 7 nitrogen and oxygen atoms in total. The second-order valence-corrected chi connectivity index (χ2v) is 6.55. The fraction of sp³-hybridized carbons (Fsp3) is 0.316. The number of fused-ring (bicyclic) bond motifs is 4. The smallest absolute Gasteiger partial charge is 0.320 e. The molecule has 3 heterocycles. The molecule has 0 saturated carbocycles. The minimum Gasteiger partial charge on any atom is -0.368 e. The molecule has 3 aromatic rings. The van der Waals surface area contributed by atoms with Crippen LogP contribution >= 0.6 is 0 Å². The van der Waals surface area contributed by atoms with Crippen LogP contribution in [-0.2, 0) is 7.05 Å². The number of amides is 2. The van der Waals surface area contributed by atoms with Crippen molar-refractivity contribution in [3.63, 3.8) is 0 Å². The Balaban J connectivity index is 1.64. The van der Waals surface area contributed by atoms with E-state index in [0.29, 0.717) is 5.82 Å². The van der Waals surface area contributed by atoms with Crippen molar-refractivity contribution in [1.29, 1.82) is 0 Å². The van der Waals surface area contributed by atoms with Crippen molar-refractivity contribution in [2.24, 2.45) is 7.05 Å². The van der Waals surface area contributed by atoms with Gasteiger partial charge in [0.2, 0.25) is 0 Å². The first-order valence-corrected chi connectivity index (χ1v) is 8.90. The largest absolute Gasteiger partial charge is 0.368 e. The summed E-state index contributed by atoms with van der Waals surface area (Å²) in [6, 6.07) is 11.7. The maximum atomic E-state index is 12.5. The summed E-state index contributed by atoms with van der Waals surface area (Å²) < 4.78 is 1.80. The van der Waals surface area contributed by atoms with Crippen LogP contribution in [0.15, 0.2) is 42.6 Å². The van der Waals surface area contributed by atoms with E-state index in [1.54, 1.807) is 10.9 Å². The predicted molar refractivity (Wildman–Crippen MR) is 102 cm³/mol. The summed E-state index contributed by atoms with van der Waals surface area (Å²) in [4.78, 5) is 17.1. The summed E-state index contributed by atoms with van der Waals surface area (Å²) in [7, 11) is 1.89. The Hall–Kier alpha value is -3.09. The van der Waals surface area contributed by atoms with E-state index in [1.807, 2.05) is 43.4 Å². The molecule has 4 rings (SSSR count). The number of hydrogen-bond donors (Lipinski definition) is 3. The number of benzene rings is 1. The van der Waals surface area contributed by atoms with Gasteiger partial charge in [0.25, 0.3) is 0 Å². The molecule has 7 heteroatoms. The topological polar surface area (TPSA) is 83.9 Å². The van der Waals surface area contributed by atoms with Gasteiger partial charge in [0.15, 0.2) is 5.82 Å². The van der Waals surface area contributed by atoms with Gasteiger partial charge in [-0.3, -0.25) is 10.00 Å². The van der Waals surface area contributed by atoms with Crippen molar-refractivity contribution in [1.82, 2.24) is 20.1 Å². The maximum absolute atomic E-state index is 12.5. The average molecular weight is 350 g/mol. The van der Waals surface area contributed by atoms with E-state index in [0.717, 1.165) is 48.1 Å². The summed E-state index contributed by atoms with van der Waals surface area (Å²) in [5, 5.41) is 14.6. The van der Waals surface area contributed by atoms with Gasteiger partial charge in [0.1, 0.15) is 11.3 Å². The SMILES string of the molecule is Cn1ncc2cc3nc(c21)NCCCC[C@H](c1ccccc1)NC(=O)N3. The molecule has 134 valence electrons. The Bertz CT molecular complexity index is 920. The quantitative estimate of drug-likeness (QED) is 0.628. The van der Waals surface area contributed by atoms with Crippen LogP contribution in [0.2, 0.25) is 0 Å². The summed E-state index contributed by atoms with van der Waals surface area (Å²) in [6.45, 7) is 0.826. The fourth-order valence-corrected chi connectivity index (χ4v) is 3.39. The van der Waals surface area contributed by atoms with Crippen LogP contribution in [0.5, 0.6) is 0 Å². The third-order valence-electron chi connectivity index (χ3n) is 4.68. The van der Waals surface area contributed by atoms with Gasteiger partial charge in [-0.25, -0.2) is 9.78 Å². The lowest BCUT2D eigenvalue weighted by Gasteiger charge is -2.21. The summed E-state index contributed by atoms with van der Waals surface area (Å²) >= 11 is 0. The molecule has 1 aromatic carbocycles. The van der Waals surface area contributed by atoms with E-state index < -0.39 is 0 Å². The van der Waals surface area contributed by atoms with Crippen LogP contribution in [0, 0.1) is 0 Å². The number of nitrogens with one attached hydrogen (secondary N) is 3. The van der Waals surface area contributed by atoms with E-state index in [1.165, 1.54) is 0 Å². The average Bonchev–Trinajstić information content (AvgIpc) is 3.01. The molecule has 2 amide bonds. The van der Waals surface area contributed by atoms with Crippen molar-refractivity contribution in [3.8, 4) is 0 Å². The Kier molecular flexibility index (Phi) is 4.43. The molecule has 0 aliphatic carbocycles. The standard InChI is InChI=1S/C19H22N6O/c1-25-17-14(12-21-25)11-16-23-18(17)20-10-6-5-9-15(22-19(26)24-16)13-7-3-2-4-8-13/h2-4,7-8,11-12,15H,5-6,9-10H2,1H3,(H3,20,22,23,24,26)/t15-/m1/s1. The Morgan fingerprint density at radius 1 is 1.19 bits per heavy atom. The van der Waals surface area contributed by atoms with E-state index in [2.05, 4.69) is 26.0 Å². The number of aromatic nitrogens is 3. The molecular weight excluding hydrogens is 328 g/mol. The van der Waals surface area contributed by atoms with Crippen molar-refractivity contribution in [2.75, 3.05) is 17.2 Å². The number of hydrogen-bond acceptors (Lipinski definition) is 4. The van der Waals surface area contributed by atoms with Gasteiger partial charge >= 0.3 is 6.03 Å². The highest BCUT2D eigenvalue weighted by molar-refractivity contribution is 5.95. The van der Waals surface area contributed by atoms with Crippen molar-refractivity contribution in [2.45, 2.75) is 25.3 Å². The number of nitrogens with zero attached hydrogens (tertiary/aromatic N) is 3. The first-order chi connectivity index (χ1) is 12.7. The highest BCUT2D eigenvalue weighted by Crippen LogP contribution is 2.26. The summed E-state index contributed by atoms with van der Waals surface area (Å²) in [5.41, 5.74) is 2.05. The van der Waals surface area contributed by atoms with Crippen LogP contribution in [0.25, 0.3) is 10.9 Å². The third-order valence-corrected chi connectivity index (χ3v) is 4.68. The minimum absolute atomic E-state index is 0.0165. The van der Waals surface area contributed by atoms with Crippen LogP contribution < -0.4 is 16.0 Å². The van der Waals surface area contributed by atoms with Gasteiger partial charge in [-0.1, -0.05) is 30.3 Å². The molecule has 0 unspecified atom stereocenters. The van der Waals surface area contributed by atoms with Crippen molar-refractivity contribution >= 4 is 28.6 Å². The van der Waals surface area contributed by atoms with Gasteiger partial charge in [0.05, 0.1) is 12.2 Å². The Morgan fingerprint density at radius 2 is 2.04 bits per heavy atom. The van der Waals surface area contributed by atoms with E-state index in [9.17, 15) is 4.79 Å². The lowest BCUT2D eigenvalue weighted by Crippen LogP contribution is -2.33. The molecule has 2 aromatic heterocycles. The molecule has 2 bridgehead atoms. The molecule has 1 aliphatic rings. The van der Waals surface area contributed by atoms with Crippen molar-refractivity contribution in [3.05, 3.63) is 48.2 Å². The zero-order valence-electron chi connectivity index (χ0n) is 14.7. The molecule has 0 radical (unpaired) electrons. The number of rotatable bonds is 1. The lowest BCUT2D eigenvalue weighted by atomic mass is 10.0. The second-order valence-electron chi connectivity index (χ2n) is 6.55. The third kappa shape index (κ3) is 3.33. The number of urea groups is 1. The number of anilines is 2. The fourth-order valence-electron chi connectivity index (χ4n) is 3.39. The number of aryl methyl sites for hydroxylation is 1. The highest BCUT2D eigenvalue weighted by atomic mass is 16.2. The molecule has 0 spiro atoms. The Morgan fingerprint density at radius 3 is 2.88 bits per heavy atom. The second kappa shape index (κ2) is 7.03. The molecular formula is C19H22N6O. The zero-order chi connectivity index (χ0) is 17.9. The molecule has 26 heavy (non-hydrogen) atoms. The Labute approximate surface area is 151 Å². The van der Waals surface area contributed by atoms with Gasteiger partial charge in [-0.05, 0) is 30.9 Å². The lowest BCUT2D eigenvalue weighted by molar-refractivity contribution is 0.247. The normalized spacial score (nSPS) is 18.2. The monoisotopic (exact) mass is 350 g/mol. The number of carbonyl (C=O) groups is 1. The summed E-state index contributed by atoms with van der Waals surface area (Å²) in [5.74, 6) is 1.26. The van der Waals surface area contributed by atoms with Crippen molar-refractivity contribution < 1.29 is 4.79 Å².